The number of anilines is 1. The molecule has 1 aromatic carbocycles. The number of nitrogens with zero attached hydrogens (tertiary/aromatic N) is 2. The van der Waals surface area contributed by atoms with Crippen molar-refractivity contribution in [3.63, 3.8) is 0 Å². The van der Waals surface area contributed by atoms with Crippen molar-refractivity contribution in [2.75, 3.05) is 38.0 Å². The molecule has 0 unspecified atom stereocenters. The molecule has 2 aliphatic rings. The van der Waals surface area contributed by atoms with Crippen LogP contribution in [0.1, 0.15) is 32.6 Å². The zero-order chi connectivity index (χ0) is 16.9. The summed E-state index contributed by atoms with van der Waals surface area (Å²) >= 11 is 0. The van der Waals surface area contributed by atoms with E-state index in [9.17, 15) is 9.18 Å². The van der Waals surface area contributed by atoms with E-state index in [0.29, 0.717) is 11.6 Å². The van der Waals surface area contributed by atoms with Gasteiger partial charge in [0.25, 0.3) is 0 Å². The Morgan fingerprint density at radius 3 is 2.33 bits per heavy atom. The lowest BCUT2D eigenvalue weighted by Gasteiger charge is -2.37. The number of carbonyl (C=O) groups is 1. The maximum Gasteiger partial charge on any atom is 0.321 e. The van der Waals surface area contributed by atoms with E-state index in [1.54, 1.807) is 12.1 Å². The largest absolute Gasteiger partial charge is 0.325 e. The molecule has 0 bridgehead atoms. The molecule has 4 nitrogen and oxygen atoms in total. The van der Waals surface area contributed by atoms with Crippen molar-refractivity contribution in [3.8, 4) is 0 Å². The first-order valence-electron chi connectivity index (χ1n) is 9.14. The number of benzene rings is 1. The molecule has 2 saturated heterocycles. The molecular formula is C19H28FN3O. The normalized spacial score (nSPS) is 21.0. The van der Waals surface area contributed by atoms with Crippen molar-refractivity contribution in [1.29, 1.82) is 0 Å². The number of hydrogen-bond donors (Lipinski definition) is 1. The second-order valence-corrected chi connectivity index (χ2v) is 7.35. The van der Waals surface area contributed by atoms with Crippen LogP contribution in [0.5, 0.6) is 0 Å². The SMILES string of the molecule is CC1CCN(CC2CCN(C(=O)Nc3ccc(F)cc3)CC2)CC1. The molecule has 3 rings (SSSR count). The predicted octanol–water partition coefficient (Wildman–Crippen LogP) is 3.80. The topological polar surface area (TPSA) is 35.6 Å². The smallest absolute Gasteiger partial charge is 0.321 e. The lowest BCUT2D eigenvalue weighted by atomic mass is 9.93. The zero-order valence-electron chi connectivity index (χ0n) is 14.5. The minimum absolute atomic E-state index is 0.0770. The van der Waals surface area contributed by atoms with Crippen molar-refractivity contribution in [2.45, 2.75) is 32.6 Å². The average Bonchev–Trinajstić information content (AvgIpc) is 2.59. The summed E-state index contributed by atoms with van der Waals surface area (Å²) in [5.74, 6) is 1.28. The molecule has 5 heteroatoms. The molecule has 2 fully saturated rings. The van der Waals surface area contributed by atoms with Crippen LogP contribution in [0.2, 0.25) is 0 Å². The molecule has 0 spiro atoms. The van der Waals surface area contributed by atoms with Crippen LogP contribution in [-0.2, 0) is 0 Å². The number of rotatable bonds is 3. The maximum atomic E-state index is 12.9. The fraction of sp³-hybridized carbons (Fsp3) is 0.632. The van der Waals surface area contributed by atoms with Crippen molar-refractivity contribution in [1.82, 2.24) is 9.80 Å². The predicted molar refractivity (Wildman–Crippen MR) is 94.6 cm³/mol. The molecule has 1 aromatic rings. The van der Waals surface area contributed by atoms with Crippen LogP contribution in [0.3, 0.4) is 0 Å². The third-order valence-corrected chi connectivity index (χ3v) is 5.39. The third kappa shape index (κ3) is 4.69. The molecule has 0 radical (unpaired) electrons. The van der Waals surface area contributed by atoms with Gasteiger partial charge in [-0.15, -0.1) is 0 Å². The second kappa shape index (κ2) is 7.97. The van der Waals surface area contributed by atoms with Crippen molar-refractivity contribution in [3.05, 3.63) is 30.1 Å². The highest BCUT2D eigenvalue weighted by atomic mass is 19.1. The van der Waals surface area contributed by atoms with Crippen LogP contribution in [0, 0.1) is 17.7 Å². The highest BCUT2D eigenvalue weighted by Crippen LogP contribution is 2.23. The number of amides is 2. The van der Waals surface area contributed by atoms with Gasteiger partial charge in [-0.05, 0) is 74.9 Å². The fourth-order valence-corrected chi connectivity index (χ4v) is 3.66. The van der Waals surface area contributed by atoms with Gasteiger partial charge in [-0.1, -0.05) is 6.92 Å². The minimum Gasteiger partial charge on any atom is -0.325 e. The molecule has 0 aliphatic carbocycles. The first-order chi connectivity index (χ1) is 11.6. The fourth-order valence-electron chi connectivity index (χ4n) is 3.66. The van der Waals surface area contributed by atoms with Gasteiger partial charge >= 0.3 is 6.03 Å². The highest BCUT2D eigenvalue weighted by Gasteiger charge is 2.25. The van der Waals surface area contributed by atoms with Gasteiger partial charge < -0.3 is 15.1 Å². The van der Waals surface area contributed by atoms with Gasteiger partial charge in [0, 0.05) is 25.3 Å². The summed E-state index contributed by atoms with van der Waals surface area (Å²) in [4.78, 5) is 16.8. The Morgan fingerprint density at radius 2 is 1.71 bits per heavy atom. The number of nitrogens with one attached hydrogen (secondary N) is 1. The Hall–Kier alpha value is -1.62. The van der Waals surface area contributed by atoms with Gasteiger partial charge in [0.15, 0.2) is 0 Å². The van der Waals surface area contributed by atoms with Gasteiger partial charge in [-0.3, -0.25) is 0 Å². The highest BCUT2D eigenvalue weighted by molar-refractivity contribution is 5.89. The van der Waals surface area contributed by atoms with E-state index in [-0.39, 0.29) is 11.8 Å². The lowest BCUT2D eigenvalue weighted by Crippen LogP contribution is -2.44. The molecule has 0 atom stereocenters. The third-order valence-electron chi connectivity index (χ3n) is 5.39. The first-order valence-corrected chi connectivity index (χ1v) is 9.14. The number of carbonyl (C=O) groups excluding carboxylic acids is 1. The van der Waals surface area contributed by atoms with Gasteiger partial charge in [0.2, 0.25) is 0 Å². The van der Waals surface area contributed by atoms with Gasteiger partial charge in [0.05, 0.1) is 0 Å². The summed E-state index contributed by atoms with van der Waals surface area (Å²) < 4.78 is 12.9. The molecule has 132 valence electrons. The molecule has 1 N–H and O–H groups in total. The Labute approximate surface area is 144 Å². The maximum absolute atomic E-state index is 12.9. The summed E-state index contributed by atoms with van der Waals surface area (Å²) in [6.07, 6.45) is 4.78. The molecule has 2 aliphatic heterocycles. The summed E-state index contributed by atoms with van der Waals surface area (Å²) in [6, 6.07) is 5.84. The Bertz CT molecular complexity index is 532. The van der Waals surface area contributed by atoms with E-state index in [2.05, 4.69) is 17.1 Å². The molecule has 24 heavy (non-hydrogen) atoms. The Kier molecular flexibility index (Phi) is 5.72. The van der Waals surface area contributed by atoms with Gasteiger partial charge in [-0.25, -0.2) is 9.18 Å². The van der Waals surface area contributed by atoms with Gasteiger partial charge in [0.1, 0.15) is 5.82 Å². The van der Waals surface area contributed by atoms with E-state index < -0.39 is 0 Å². The molecule has 0 saturated carbocycles. The summed E-state index contributed by atoms with van der Waals surface area (Å²) in [5.41, 5.74) is 0.644. The van der Waals surface area contributed by atoms with E-state index in [4.69, 9.17) is 0 Å². The van der Waals surface area contributed by atoms with E-state index in [1.807, 2.05) is 4.90 Å². The molecule has 2 amide bonds. The monoisotopic (exact) mass is 333 g/mol. The van der Waals surface area contributed by atoms with Crippen molar-refractivity contribution < 1.29 is 9.18 Å². The van der Waals surface area contributed by atoms with E-state index in [1.165, 1.54) is 44.6 Å². The summed E-state index contributed by atoms with van der Waals surface area (Å²) in [5, 5.41) is 2.85. The van der Waals surface area contributed by atoms with Crippen LogP contribution in [0.25, 0.3) is 0 Å². The Balaban J connectivity index is 1.41. The van der Waals surface area contributed by atoms with Gasteiger partial charge in [-0.2, -0.15) is 0 Å². The van der Waals surface area contributed by atoms with Crippen LogP contribution < -0.4 is 5.32 Å². The second-order valence-electron chi connectivity index (χ2n) is 7.35. The Morgan fingerprint density at radius 1 is 1.08 bits per heavy atom. The van der Waals surface area contributed by atoms with Crippen LogP contribution in [-0.4, -0.2) is 48.6 Å². The minimum atomic E-state index is -0.291. The van der Waals surface area contributed by atoms with E-state index >= 15 is 0 Å². The number of hydrogen-bond acceptors (Lipinski definition) is 2. The average molecular weight is 333 g/mol. The molecule has 2 heterocycles. The number of likely N-dealkylation sites (tertiary alicyclic amines) is 2. The van der Waals surface area contributed by atoms with Crippen molar-refractivity contribution >= 4 is 11.7 Å². The standard InChI is InChI=1S/C19H28FN3O/c1-15-6-10-22(11-7-15)14-16-8-12-23(13-9-16)19(24)21-18-4-2-17(20)3-5-18/h2-5,15-16H,6-14H2,1H3,(H,21,24). The van der Waals surface area contributed by atoms with E-state index in [0.717, 1.165) is 31.8 Å². The summed E-state index contributed by atoms with van der Waals surface area (Å²) in [7, 11) is 0. The molecular weight excluding hydrogens is 305 g/mol. The quantitative estimate of drug-likeness (QED) is 0.913. The summed E-state index contributed by atoms with van der Waals surface area (Å²) in [6.45, 7) is 7.60. The number of halogens is 1. The number of piperidine rings is 2. The zero-order valence-corrected chi connectivity index (χ0v) is 14.5. The van der Waals surface area contributed by atoms with Crippen LogP contribution >= 0.6 is 0 Å². The molecule has 0 aromatic heterocycles. The first kappa shape index (κ1) is 17.2. The number of urea groups is 1. The lowest BCUT2D eigenvalue weighted by molar-refractivity contribution is 0.130. The van der Waals surface area contributed by atoms with Crippen LogP contribution in [0.15, 0.2) is 24.3 Å². The van der Waals surface area contributed by atoms with Crippen molar-refractivity contribution in [2.24, 2.45) is 11.8 Å². The van der Waals surface area contributed by atoms with Crippen LogP contribution in [0.4, 0.5) is 14.9 Å².